The van der Waals surface area contributed by atoms with E-state index in [1.165, 1.54) is 12.3 Å². The van der Waals surface area contributed by atoms with E-state index in [2.05, 4.69) is 30.2 Å². The Kier molecular flexibility index (Phi) is 2.65. The van der Waals surface area contributed by atoms with Crippen molar-refractivity contribution < 1.29 is 12.6 Å². The van der Waals surface area contributed by atoms with Crippen molar-refractivity contribution in [1.29, 1.82) is 0 Å². The van der Waals surface area contributed by atoms with Gasteiger partial charge in [-0.3, -0.25) is 0 Å². The van der Waals surface area contributed by atoms with Gasteiger partial charge >= 0.3 is 10.3 Å². The first-order valence-corrected chi connectivity index (χ1v) is 5.07. The van der Waals surface area contributed by atoms with Crippen molar-refractivity contribution in [2.45, 2.75) is 0 Å². The fourth-order valence-corrected chi connectivity index (χ4v) is 1.15. The number of hydrogen-bond acceptors (Lipinski definition) is 4. The number of aromatic nitrogens is 1. The maximum atomic E-state index is 10.4. The van der Waals surface area contributed by atoms with Crippen molar-refractivity contribution in [3.8, 4) is 5.75 Å². The van der Waals surface area contributed by atoms with Crippen LogP contribution in [0.4, 0.5) is 0 Å². The van der Waals surface area contributed by atoms with Gasteiger partial charge in [-0.1, -0.05) is 0 Å². The average Bonchev–Trinajstić information content (AvgIpc) is 1.91. The monoisotopic (exact) mass is 252 g/mol. The Morgan fingerprint density at radius 1 is 1.50 bits per heavy atom. The highest BCUT2D eigenvalue weighted by molar-refractivity contribution is 9.10. The van der Waals surface area contributed by atoms with Gasteiger partial charge in [-0.05, 0) is 28.1 Å². The largest absolute Gasteiger partial charge is 0.380 e. The fourth-order valence-electron chi connectivity index (χ4n) is 0.546. The minimum Gasteiger partial charge on any atom is -0.369 e. The lowest BCUT2D eigenvalue weighted by atomic mass is 10.5. The maximum Gasteiger partial charge on any atom is 0.380 e. The summed E-state index contributed by atoms with van der Waals surface area (Å²) in [7, 11) is -3.95. The topological polar surface area (TPSA) is 82.3 Å². The molecule has 7 heteroatoms. The first-order valence-electron chi connectivity index (χ1n) is 2.81. The molecule has 0 fully saturated rings. The van der Waals surface area contributed by atoms with E-state index >= 15 is 0 Å². The molecular weight excluding hydrogens is 248 g/mol. The van der Waals surface area contributed by atoms with E-state index in [4.69, 9.17) is 0 Å². The quantitative estimate of drug-likeness (QED) is 0.774. The highest BCUT2D eigenvalue weighted by atomic mass is 79.9. The van der Waals surface area contributed by atoms with E-state index < -0.39 is 10.3 Å². The molecule has 0 saturated carbocycles. The summed E-state index contributed by atoms with van der Waals surface area (Å²) in [5, 5.41) is 4.62. The molecule has 5 nitrogen and oxygen atoms in total. The zero-order valence-corrected chi connectivity index (χ0v) is 8.17. The summed E-state index contributed by atoms with van der Waals surface area (Å²) in [5.41, 5.74) is 0. The molecule has 0 aliphatic heterocycles. The molecule has 0 aliphatic carbocycles. The standard InChI is InChI=1S/C5H5BrN2O3S/c6-5-2-1-4(3-8-5)11-12(7,9)10/h1-3H,(H2,7,9,10). The van der Waals surface area contributed by atoms with Gasteiger partial charge in [0.05, 0.1) is 6.20 Å². The predicted octanol–water partition coefficient (Wildman–Crippen LogP) is 0.426. The zero-order chi connectivity index (χ0) is 9.19. The first kappa shape index (κ1) is 9.43. The van der Waals surface area contributed by atoms with Crippen LogP contribution in [0.15, 0.2) is 22.9 Å². The van der Waals surface area contributed by atoms with Crippen LogP contribution in [0, 0.1) is 0 Å². The van der Waals surface area contributed by atoms with Crippen LogP contribution in [0.3, 0.4) is 0 Å². The van der Waals surface area contributed by atoms with E-state index in [9.17, 15) is 8.42 Å². The van der Waals surface area contributed by atoms with E-state index in [1.807, 2.05) is 0 Å². The molecule has 0 saturated heterocycles. The van der Waals surface area contributed by atoms with Crippen LogP contribution in [-0.4, -0.2) is 13.4 Å². The van der Waals surface area contributed by atoms with Gasteiger partial charge in [0.1, 0.15) is 4.60 Å². The van der Waals surface area contributed by atoms with Gasteiger partial charge in [-0.25, -0.2) is 4.98 Å². The van der Waals surface area contributed by atoms with Gasteiger partial charge in [-0.15, -0.1) is 0 Å². The number of halogens is 1. The molecule has 0 radical (unpaired) electrons. The number of pyridine rings is 1. The van der Waals surface area contributed by atoms with Gasteiger partial charge in [-0.2, -0.15) is 13.6 Å². The van der Waals surface area contributed by atoms with Crippen molar-refractivity contribution in [2.75, 3.05) is 0 Å². The van der Waals surface area contributed by atoms with Crippen LogP contribution in [0.2, 0.25) is 0 Å². The van der Waals surface area contributed by atoms with Gasteiger partial charge < -0.3 is 4.18 Å². The van der Waals surface area contributed by atoms with Crippen molar-refractivity contribution in [3.05, 3.63) is 22.9 Å². The molecule has 0 amide bonds. The van der Waals surface area contributed by atoms with Crippen LogP contribution in [0.25, 0.3) is 0 Å². The molecular formula is C5H5BrN2O3S. The minimum absolute atomic E-state index is 0.0840. The van der Waals surface area contributed by atoms with Crippen LogP contribution in [0.1, 0.15) is 0 Å². The molecule has 1 rings (SSSR count). The summed E-state index contributed by atoms with van der Waals surface area (Å²) >= 11 is 3.08. The van der Waals surface area contributed by atoms with Crippen molar-refractivity contribution >= 4 is 26.2 Å². The number of nitrogens with two attached hydrogens (primary N) is 1. The Balaban J connectivity index is 2.85. The highest BCUT2D eigenvalue weighted by Gasteiger charge is 2.03. The molecule has 1 aromatic rings. The third-order valence-electron chi connectivity index (χ3n) is 0.913. The molecule has 1 aromatic heterocycles. The van der Waals surface area contributed by atoms with Gasteiger partial charge in [0, 0.05) is 0 Å². The highest BCUT2D eigenvalue weighted by Crippen LogP contribution is 2.13. The number of hydrogen-bond donors (Lipinski definition) is 1. The Labute approximate surface area is 77.9 Å². The third-order valence-corrected chi connectivity index (χ3v) is 1.81. The van der Waals surface area contributed by atoms with Crippen LogP contribution in [0.5, 0.6) is 5.75 Å². The van der Waals surface area contributed by atoms with Gasteiger partial charge in [0.2, 0.25) is 0 Å². The predicted molar refractivity (Wildman–Crippen MR) is 45.7 cm³/mol. The second-order valence-electron chi connectivity index (χ2n) is 1.89. The second-order valence-corrected chi connectivity index (χ2v) is 3.86. The molecule has 1 heterocycles. The summed E-state index contributed by atoms with van der Waals surface area (Å²) in [6.07, 6.45) is 1.24. The lowest BCUT2D eigenvalue weighted by Crippen LogP contribution is -2.18. The van der Waals surface area contributed by atoms with E-state index in [0.29, 0.717) is 4.60 Å². The van der Waals surface area contributed by atoms with Crippen LogP contribution in [-0.2, 0) is 10.3 Å². The van der Waals surface area contributed by atoms with E-state index in [1.54, 1.807) is 6.07 Å². The summed E-state index contributed by atoms with van der Waals surface area (Å²) in [4.78, 5) is 3.73. The minimum atomic E-state index is -3.95. The van der Waals surface area contributed by atoms with Crippen LogP contribution < -0.4 is 9.32 Å². The first-order chi connectivity index (χ1) is 5.47. The fraction of sp³-hybridized carbons (Fsp3) is 0. The summed E-state index contributed by atoms with van der Waals surface area (Å²) in [6, 6.07) is 2.97. The summed E-state index contributed by atoms with van der Waals surface area (Å²) in [6.45, 7) is 0. The maximum absolute atomic E-state index is 10.4. The summed E-state index contributed by atoms with van der Waals surface area (Å²) < 4.78 is 25.7. The Bertz CT molecular complexity index is 361. The van der Waals surface area contributed by atoms with Gasteiger partial charge in [0.15, 0.2) is 5.75 Å². The molecule has 0 spiro atoms. The van der Waals surface area contributed by atoms with E-state index in [0.717, 1.165) is 0 Å². The third kappa shape index (κ3) is 3.16. The molecule has 12 heavy (non-hydrogen) atoms. The Morgan fingerprint density at radius 2 is 2.17 bits per heavy atom. The Morgan fingerprint density at radius 3 is 2.58 bits per heavy atom. The van der Waals surface area contributed by atoms with Gasteiger partial charge in [0.25, 0.3) is 0 Å². The number of nitrogens with zero attached hydrogens (tertiary/aromatic N) is 1. The van der Waals surface area contributed by atoms with Crippen molar-refractivity contribution in [2.24, 2.45) is 5.14 Å². The van der Waals surface area contributed by atoms with Crippen molar-refractivity contribution in [3.63, 3.8) is 0 Å². The Hall–Kier alpha value is -0.660. The smallest absolute Gasteiger partial charge is 0.369 e. The average molecular weight is 253 g/mol. The SMILES string of the molecule is NS(=O)(=O)Oc1ccc(Br)nc1. The molecule has 0 bridgehead atoms. The number of rotatable bonds is 2. The second kappa shape index (κ2) is 3.38. The summed E-state index contributed by atoms with van der Waals surface area (Å²) in [5.74, 6) is 0.0840. The lowest BCUT2D eigenvalue weighted by molar-refractivity contribution is 0.486. The normalized spacial score (nSPS) is 11.2. The lowest BCUT2D eigenvalue weighted by Gasteiger charge is -2.00. The van der Waals surface area contributed by atoms with Crippen molar-refractivity contribution in [1.82, 2.24) is 4.98 Å². The molecule has 0 aliphatic rings. The molecule has 0 aromatic carbocycles. The molecule has 0 atom stereocenters. The van der Waals surface area contributed by atoms with Crippen LogP contribution >= 0.6 is 15.9 Å². The van der Waals surface area contributed by atoms with E-state index in [-0.39, 0.29) is 5.75 Å². The molecule has 66 valence electrons. The zero-order valence-electron chi connectivity index (χ0n) is 5.77. The molecule has 0 unspecified atom stereocenters. The molecule has 2 N–H and O–H groups in total.